The van der Waals surface area contributed by atoms with Gasteiger partial charge in [-0.15, -0.1) is 0 Å². The van der Waals surface area contributed by atoms with Crippen LogP contribution in [0, 0.1) is 16.0 Å². The van der Waals surface area contributed by atoms with Crippen molar-refractivity contribution in [1.82, 2.24) is 4.72 Å². The summed E-state index contributed by atoms with van der Waals surface area (Å²) in [6.07, 6.45) is 1.97. The lowest BCUT2D eigenvalue weighted by Crippen LogP contribution is -2.38. The lowest BCUT2D eigenvalue weighted by molar-refractivity contribution is -0.387. The number of nitro groups is 1. The second-order valence-electron chi connectivity index (χ2n) is 4.72. The number of nitro benzene ring substituents is 1. The number of nitrogens with two attached hydrogens (primary N) is 1. The van der Waals surface area contributed by atoms with Crippen LogP contribution < -0.4 is 10.5 Å². The lowest BCUT2D eigenvalue weighted by Gasteiger charge is -2.12. The zero-order chi connectivity index (χ0) is 14.9. The third-order valence-electron chi connectivity index (χ3n) is 3.14. The maximum absolute atomic E-state index is 12.1. The molecule has 0 heterocycles. The van der Waals surface area contributed by atoms with Crippen LogP contribution in [0.4, 0.5) is 5.69 Å². The Kier molecular flexibility index (Phi) is 4.28. The number of hydrogen-bond acceptors (Lipinski definition) is 5. The minimum absolute atomic E-state index is 0.0522. The minimum atomic E-state index is -4.02. The van der Waals surface area contributed by atoms with Gasteiger partial charge in [-0.3, -0.25) is 10.1 Å². The summed E-state index contributed by atoms with van der Waals surface area (Å²) in [6, 6.07) is 3.12. The molecule has 0 saturated heterocycles. The lowest BCUT2D eigenvalue weighted by atomic mass is 10.2. The van der Waals surface area contributed by atoms with E-state index in [4.69, 9.17) is 17.3 Å². The number of sulfonamides is 1. The van der Waals surface area contributed by atoms with Gasteiger partial charge in [-0.05, 0) is 30.9 Å². The summed E-state index contributed by atoms with van der Waals surface area (Å²) >= 11 is 5.71. The number of benzene rings is 1. The highest BCUT2D eigenvalue weighted by Crippen LogP contribution is 2.31. The molecule has 1 fully saturated rings. The molecule has 0 radical (unpaired) electrons. The number of rotatable bonds is 6. The van der Waals surface area contributed by atoms with E-state index < -0.39 is 25.5 Å². The van der Waals surface area contributed by atoms with Crippen molar-refractivity contribution in [3.8, 4) is 0 Å². The third kappa shape index (κ3) is 3.45. The molecule has 3 N–H and O–H groups in total. The summed E-state index contributed by atoms with van der Waals surface area (Å²) < 4.78 is 26.6. The van der Waals surface area contributed by atoms with Gasteiger partial charge in [0.1, 0.15) is 0 Å². The highest BCUT2D eigenvalue weighted by molar-refractivity contribution is 7.89. The first kappa shape index (κ1) is 15.2. The van der Waals surface area contributed by atoms with Crippen LogP contribution in [0.3, 0.4) is 0 Å². The fourth-order valence-electron chi connectivity index (χ4n) is 1.83. The van der Waals surface area contributed by atoms with Gasteiger partial charge < -0.3 is 5.73 Å². The molecule has 1 aromatic rings. The number of halogens is 1. The predicted molar refractivity (Wildman–Crippen MR) is 74.0 cm³/mol. The Morgan fingerprint density at radius 2 is 2.15 bits per heavy atom. The molecule has 0 aromatic heterocycles. The standard InChI is InChI=1S/C11H14ClN3O4S/c12-8-3-4-10(15(16)17)11(5-8)20(18,19)14-6-9(13)7-1-2-7/h3-5,7,9,14H,1-2,6,13H2. The Hall–Kier alpha value is -1.22. The van der Waals surface area contributed by atoms with Gasteiger partial charge in [0, 0.05) is 23.7 Å². The first-order valence-electron chi connectivity index (χ1n) is 6.00. The predicted octanol–water partition coefficient (Wildman–Crippen LogP) is 1.26. The van der Waals surface area contributed by atoms with Crippen molar-refractivity contribution in [3.05, 3.63) is 33.3 Å². The highest BCUT2D eigenvalue weighted by atomic mass is 35.5. The second-order valence-corrected chi connectivity index (χ2v) is 6.89. The Labute approximate surface area is 121 Å². The molecule has 0 aliphatic heterocycles. The molecule has 20 heavy (non-hydrogen) atoms. The molecular formula is C11H14ClN3O4S. The topological polar surface area (TPSA) is 115 Å². The van der Waals surface area contributed by atoms with Crippen molar-refractivity contribution in [2.45, 2.75) is 23.8 Å². The van der Waals surface area contributed by atoms with E-state index >= 15 is 0 Å². The Bertz CT molecular complexity index is 631. The van der Waals surface area contributed by atoms with Gasteiger partial charge in [-0.2, -0.15) is 0 Å². The molecule has 1 aliphatic rings. The fourth-order valence-corrected chi connectivity index (χ4v) is 3.33. The number of nitrogens with zero attached hydrogens (tertiary/aromatic N) is 1. The van der Waals surface area contributed by atoms with Crippen molar-refractivity contribution in [3.63, 3.8) is 0 Å². The van der Waals surface area contributed by atoms with Crippen LogP contribution in [0.2, 0.25) is 5.02 Å². The van der Waals surface area contributed by atoms with E-state index in [2.05, 4.69) is 4.72 Å². The van der Waals surface area contributed by atoms with Gasteiger partial charge in [-0.25, -0.2) is 13.1 Å². The summed E-state index contributed by atoms with van der Waals surface area (Å²) in [5.41, 5.74) is 5.29. The summed E-state index contributed by atoms with van der Waals surface area (Å²) in [7, 11) is -4.02. The average Bonchev–Trinajstić information content (AvgIpc) is 3.20. The molecule has 0 bridgehead atoms. The number of hydrogen-bond donors (Lipinski definition) is 2. The van der Waals surface area contributed by atoms with Crippen molar-refractivity contribution < 1.29 is 13.3 Å². The van der Waals surface area contributed by atoms with Gasteiger partial charge in [0.25, 0.3) is 5.69 Å². The molecule has 1 aliphatic carbocycles. The molecule has 1 aromatic carbocycles. The molecule has 1 unspecified atom stereocenters. The smallest absolute Gasteiger partial charge is 0.289 e. The van der Waals surface area contributed by atoms with Gasteiger partial charge >= 0.3 is 0 Å². The van der Waals surface area contributed by atoms with Gasteiger partial charge in [-0.1, -0.05) is 11.6 Å². The zero-order valence-electron chi connectivity index (χ0n) is 10.5. The van der Waals surface area contributed by atoms with Crippen molar-refractivity contribution in [1.29, 1.82) is 0 Å². The molecular weight excluding hydrogens is 306 g/mol. The summed E-state index contributed by atoms with van der Waals surface area (Å²) in [6.45, 7) is 0.0522. The van der Waals surface area contributed by atoms with Crippen LogP contribution in [0.15, 0.2) is 23.1 Å². The molecule has 0 amide bonds. The largest absolute Gasteiger partial charge is 0.326 e. The minimum Gasteiger partial charge on any atom is -0.326 e. The van der Waals surface area contributed by atoms with Crippen LogP contribution in [0.5, 0.6) is 0 Å². The van der Waals surface area contributed by atoms with Crippen molar-refractivity contribution >= 4 is 27.3 Å². The molecule has 1 saturated carbocycles. The normalized spacial score (nSPS) is 16.9. The van der Waals surface area contributed by atoms with Crippen LogP contribution in [-0.4, -0.2) is 25.9 Å². The Balaban J connectivity index is 2.23. The SMILES string of the molecule is NC(CNS(=O)(=O)c1cc(Cl)ccc1[N+](=O)[O-])C1CC1. The maximum atomic E-state index is 12.1. The van der Waals surface area contributed by atoms with Gasteiger partial charge in [0.05, 0.1) is 4.92 Å². The molecule has 2 rings (SSSR count). The third-order valence-corrected chi connectivity index (χ3v) is 4.83. The van der Waals surface area contributed by atoms with Crippen LogP contribution >= 0.6 is 11.6 Å². The van der Waals surface area contributed by atoms with Crippen molar-refractivity contribution in [2.75, 3.05) is 6.54 Å². The van der Waals surface area contributed by atoms with E-state index in [0.717, 1.165) is 25.0 Å². The van der Waals surface area contributed by atoms with Crippen LogP contribution in [0.25, 0.3) is 0 Å². The van der Waals surface area contributed by atoms with Crippen LogP contribution in [0.1, 0.15) is 12.8 Å². The number of nitrogens with one attached hydrogen (secondary N) is 1. The summed E-state index contributed by atoms with van der Waals surface area (Å²) in [4.78, 5) is 9.68. The fraction of sp³-hybridized carbons (Fsp3) is 0.455. The summed E-state index contributed by atoms with van der Waals surface area (Å²) in [5.74, 6) is 0.326. The Morgan fingerprint density at radius 1 is 1.50 bits per heavy atom. The van der Waals surface area contributed by atoms with E-state index in [1.807, 2.05) is 0 Å². The molecule has 110 valence electrons. The first-order valence-corrected chi connectivity index (χ1v) is 7.86. The van der Waals surface area contributed by atoms with E-state index in [9.17, 15) is 18.5 Å². The second kappa shape index (κ2) is 5.65. The molecule has 9 heteroatoms. The monoisotopic (exact) mass is 319 g/mol. The quantitative estimate of drug-likeness (QED) is 0.605. The maximum Gasteiger partial charge on any atom is 0.289 e. The first-order chi connectivity index (χ1) is 9.31. The average molecular weight is 320 g/mol. The van der Waals surface area contributed by atoms with Gasteiger partial charge in [0.2, 0.25) is 10.0 Å². The zero-order valence-corrected chi connectivity index (χ0v) is 12.0. The van der Waals surface area contributed by atoms with E-state index in [1.54, 1.807) is 0 Å². The highest BCUT2D eigenvalue weighted by Gasteiger charge is 2.31. The molecule has 0 spiro atoms. The van der Waals surface area contributed by atoms with E-state index in [-0.39, 0.29) is 17.6 Å². The van der Waals surface area contributed by atoms with E-state index in [1.165, 1.54) is 6.07 Å². The van der Waals surface area contributed by atoms with Crippen LogP contribution in [-0.2, 0) is 10.0 Å². The van der Waals surface area contributed by atoms with Crippen molar-refractivity contribution in [2.24, 2.45) is 11.7 Å². The van der Waals surface area contributed by atoms with E-state index in [0.29, 0.717) is 5.92 Å². The molecule has 1 atom stereocenters. The van der Waals surface area contributed by atoms with Gasteiger partial charge in [0.15, 0.2) is 4.90 Å². The Morgan fingerprint density at radius 3 is 2.70 bits per heavy atom. The molecule has 7 nitrogen and oxygen atoms in total. The summed E-state index contributed by atoms with van der Waals surface area (Å²) in [5, 5.41) is 11.0.